The lowest BCUT2D eigenvalue weighted by Gasteiger charge is -2.16. The summed E-state index contributed by atoms with van der Waals surface area (Å²) in [4.78, 5) is 11.6. The van der Waals surface area contributed by atoms with Gasteiger partial charge < -0.3 is 10.1 Å². The summed E-state index contributed by atoms with van der Waals surface area (Å²) in [7, 11) is 1.63. The van der Waals surface area contributed by atoms with E-state index in [2.05, 4.69) is 12.2 Å². The molecule has 3 unspecified atom stereocenters. The van der Waals surface area contributed by atoms with Crippen LogP contribution in [0, 0.1) is 11.8 Å². The lowest BCUT2D eigenvalue weighted by atomic mass is 10.2. The fourth-order valence-corrected chi connectivity index (χ4v) is 1.79. The van der Waals surface area contributed by atoms with E-state index in [1.54, 1.807) is 7.11 Å². The van der Waals surface area contributed by atoms with Crippen molar-refractivity contribution in [2.75, 3.05) is 19.6 Å². The minimum atomic E-state index is 0.0674. The molecule has 0 bridgehead atoms. The first-order chi connectivity index (χ1) is 6.69. The van der Waals surface area contributed by atoms with Crippen molar-refractivity contribution in [1.29, 1.82) is 0 Å². The van der Waals surface area contributed by atoms with Crippen LogP contribution in [-0.2, 0) is 9.53 Å². The second-order valence-corrected chi connectivity index (χ2v) is 4.34. The molecule has 0 spiro atoms. The van der Waals surface area contributed by atoms with Crippen LogP contribution >= 0.6 is 11.6 Å². The number of halogens is 1. The van der Waals surface area contributed by atoms with Crippen molar-refractivity contribution in [3.05, 3.63) is 0 Å². The second-order valence-electron chi connectivity index (χ2n) is 3.96. The van der Waals surface area contributed by atoms with Crippen LogP contribution in [0.3, 0.4) is 0 Å². The summed E-state index contributed by atoms with van der Waals surface area (Å²) in [5.74, 6) is 1.48. The molecule has 1 N–H and O–H groups in total. The fourth-order valence-electron chi connectivity index (χ4n) is 1.53. The van der Waals surface area contributed by atoms with Crippen LogP contribution in [0.5, 0.6) is 0 Å². The molecule has 1 aliphatic carbocycles. The zero-order valence-corrected chi connectivity index (χ0v) is 9.51. The van der Waals surface area contributed by atoms with Crippen molar-refractivity contribution in [1.82, 2.24) is 5.32 Å². The molecule has 1 amide bonds. The Balaban J connectivity index is 2.27. The van der Waals surface area contributed by atoms with Gasteiger partial charge in [-0.25, -0.2) is 0 Å². The highest BCUT2D eigenvalue weighted by Crippen LogP contribution is 2.37. The summed E-state index contributed by atoms with van der Waals surface area (Å²) in [6.07, 6.45) is 1.79. The fraction of sp³-hybridized carbons (Fsp3) is 0.900. The van der Waals surface area contributed by atoms with Gasteiger partial charge in [0, 0.05) is 18.9 Å². The molecule has 0 aromatic heterocycles. The van der Waals surface area contributed by atoms with Crippen molar-refractivity contribution >= 4 is 17.5 Å². The minimum absolute atomic E-state index is 0.0674. The third-order valence-electron chi connectivity index (χ3n) is 2.62. The first-order valence-corrected chi connectivity index (χ1v) is 5.57. The summed E-state index contributed by atoms with van der Waals surface area (Å²) >= 11 is 5.63. The van der Waals surface area contributed by atoms with E-state index in [0.29, 0.717) is 18.4 Å². The maximum Gasteiger partial charge on any atom is 0.223 e. The summed E-state index contributed by atoms with van der Waals surface area (Å²) in [6, 6.07) is 0.0674. The van der Waals surface area contributed by atoms with Crippen LogP contribution in [-0.4, -0.2) is 31.5 Å². The SMILES string of the molecule is COCC(CCCl)NC(=O)C1CC1C. The summed E-state index contributed by atoms with van der Waals surface area (Å²) in [5.41, 5.74) is 0. The second kappa shape index (κ2) is 5.56. The van der Waals surface area contributed by atoms with Crippen molar-refractivity contribution in [3.63, 3.8) is 0 Å². The molecular weight excluding hydrogens is 202 g/mol. The third kappa shape index (κ3) is 3.46. The van der Waals surface area contributed by atoms with Gasteiger partial charge in [0.05, 0.1) is 12.6 Å². The van der Waals surface area contributed by atoms with Crippen LogP contribution in [0.2, 0.25) is 0 Å². The Morgan fingerprint density at radius 1 is 1.71 bits per heavy atom. The Morgan fingerprint density at radius 2 is 2.36 bits per heavy atom. The largest absolute Gasteiger partial charge is 0.383 e. The molecule has 3 nitrogen and oxygen atoms in total. The van der Waals surface area contributed by atoms with E-state index >= 15 is 0 Å². The number of rotatable bonds is 6. The molecular formula is C10H18ClNO2. The number of carbonyl (C=O) groups excluding carboxylic acids is 1. The van der Waals surface area contributed by atoms with Crippen molar-refractivity contribution in [2.24, 2.45) is 11.8 Å². The molecule has 3 atom stereocenters. The van der Waals surface area contributed by atoms with E-state index in [1.807, 2.05) is 0 Å². The summed E-state index contributed by atoms with van der Waals surface area (Å²) < 4.78 is 5.01. The van der Waals surface area contributed by atoms with E-state index in [1.165, 1.54) is 0 Å². The van der Waals surface area contributed by atoms with Crippen molar-refractivity contribution in [2.45, 2.75) is 25.8 Å². The van der Waals surface area contributed by atoms with Gasteiger partial charge in [-0.15, -0.1) is 11.6 Å². The molecule has 0 heterocycles. The predicted molar refractivity (Wildman–Crippen MR) is 56.4 cm³/mol. The number of alkyl halides is 1. The molecule has 1 saturated carbocycles. The Kier molecular flexibility index (Phi) is 4.69. The van der Waals surface area contributed by atoms with E-state index in [0.717, 1.165) is 12.8 Å². The topological polar surface area (TPSA) is 38.3 Å². The van der Waals surface area contributed by atoms with Crippen LogP contribution in [0.4, 0.5) is 0 Å². The first kappa shape index (κ1) is 11.8. The average molecular weight is 220 g/mol. The molecule has 1 fully saturated rings. The van der Waals surface area contributed by atoms with Crippen molar-refractivity contribution in [3.8, 4) is 0 Å². The first-order valence-electron chi connectivity index (χ1n) is 5.04. The van der Waals surface area contributed by atoms with E-state index in [4.69, 9.17) is 16.3 Å². The van der Waals surface area contributed by atoms with Crippen molar-refractivity contribution < 1.29 is 9.53 Å². The molecule has 1 aliphatic rings. The lowest BCUT2D eigenvalue weighted by molar-refractivity contribution is -0.123. The van der Waals surface area contributed by atoms with Crippen LogP contribution in [0.1, 0.15) is 19.8 Å². The highest BCUT2D eigenvalue weighted by Gasteiger charge is 2.39. The predicted octanol–water partition coefficient (Wildman–Crippen LogP) is 1.40. The Morgan fingerprint density at radius 3 is 2.79 bits per heavy atom. The molecule has 14 heavy (non-hydrogen) atoms. The summed E-state index contributed by atoms with van der Waals surface area (Å²) in [6.45, 7) is 2.64. The Bertz CT molecular complexity index is 193. The molecule has 0 aromatic rings. The number of ether oxygens (including phenoxy) is 1. The lowest BCUT2D eigenvalue weighted by Crippen LogP contribution is -2.39. The number of amides is 1. The van der Waals surface area contributed by atoms with Gasteiger partial charge in [-0.2, -0.15) is 0 Å². The van der Waals surface area contributed by atoms with Crippen LogP contribution in [0.25, 0.3) is 0 Å². The van der Waals surface area contributed by atoms with Gasteiger partial charge in [0.15, 0.2) is 0 Å². The zero-order chi connectivity index (χ0) is 10.6. The molecule has 0 aliphatic heterocycles. The average Bonchev–Trinajstić information content (AvgIpc) is 2.83. The maximum absolute atomic E-state index is 11.6. The molecule has 0 saturated heterocycles. The number of hydrogen-bond donors (Lipinski definition) is 1. The van der Waals surface area contributed by atoms with Crippen LogP contribution < -0.4 is 5.32 Å². The van der Waals surface area contributed by atoms with Crippen LogP contribution in [0.15, 0.2) is 0 Å². The van der Waals surface area contributed by atoms with Gasteiger partial charge in [0.1, 0.15) is 0 Å². The van der Waals surface area contributed by atoms with Gasteiger partial charge in [-0.05, 0) is 18.8 Å². The van der Waals surface area contributed by atoms with Gasteiger partial charge >= 0.3 is 0 Å². The standard InChI is InChI=1S/C10H18ClNO2/c1-7-5-9(7)10(13)12-8(3-4-11)6-14-2/h7-9H,3-6H2,1-2H3,(H,12,13). The molecule has 82 valence electrons. The van der Waals surface area contributed by atoms with Gasteiger partial charge in [-0.1, -0.05) is 6.92 Å². The van der Waals surface area contributed by atoms with E-state index in [-0.39, 0.29) is 17.9 Å². The highest BCUT2D eigenvalue weighted by molar-refractivity contribution is 6.17. The Hall–Kier alpha value is -0.280. The molecule has 0 radical (unpaired) electrons. The number of carbonyl (C=O) groups is 1. The van der Waals surface area contributed by atoms with E-state index in [9.17, 15) is 4.79 Å². The quantitative estimate of drug-likeness (QED) is 0.686. The maximum atomic E-state index is 11.6. The molecule has 0 aromatic carbocycles. The Labute approximate surface area is 90.1 Å². The summed E-state index contributed by atoms with van der Waals surface area (Å²) in [5, 5.41) is 2.96. The number of methoxy groups -OCH3 is 1. The monoisotopic (exact) mass is 219 g/mol. The van der Waals surface area contributed by atoms with Gasteiger partial charge in [0.2, 0.25) is 5.91 Å². The zero-order valence-electron chi connectivity index (χ0n) is 8.75. The molecule has 4 heteroatoms. The smallest absolute Gasteiger partial charge is 0.223 e. The number of nitrogens with one attached hydrogen (secondary N) is 1. The van der Waals surface area contributed by atoms with Gasteiger partial charge in [-0.3, -0.25) is 4.79 Å². The van der Waals surface area contributed by atoms with E-state index < -0.39 is 0 Å². The number of hydrogen-bond acceptors (Lipinski definition) is 2. The normalized spacial score (nSPS) is 27.1. The van der Waals surface area contributed by atoms with Gasteiger partial charge in [0.25, 0.3) is 0 Å². The third-order valence-corrected chi connectivity index (χ3v) is 2.84. The highest BCUT2D eigenvalue weighted by atomic mass is 35.5. The minimum Gasteiger partial charge on any atom is -0.383 e. The molecule has 1 rings (SSSR count).